The van der Waals surface area contributed by atoms with Crippen LogP contribution >= 0.6 is 0 Å². The summed E-state index contributed by atoms with van der Waals surface area (Å²) in [4.78, 5) is 52.5. The minimum Gasteiger partial charge on any atom is -0.451 e. The van der Waals surface area contributed by atoms with Gasteiger partial charge in [-0.1, -0.05) is 36.4 Å². The number of carbonyl (C=O) groups is 4. The third kappa shape index (κ3) is 3.17. The number of hydrogen-bond donors (Lipinski definition) is 0. The van der Waals surface area contributed by atoms with Crippen LogP contribution in [0.2, 0.25) is 0 Å². The zero-order valence-electron chi connectivity index (χ0n) is 17.2. The number of benzene rings is 2. The SMILES string of the molecule is C[C@@H](OC(=O)c1cccc(N2C(=O)[C@H]3[C@@H]4CC[C@@H](C4)[C@@H]3C2=O)c1)C(=O)c1ccccc1. The second-order valence-corrected chi connectivity index (χ2v) is 8.72. The number of ether oxygens (including phenoxy) is 1. The summed E-state index contributed by atoms with van der Waals surface area (Å²) in [6, 6.07) is 15.0. The van der Waals surface area contributed by atoms with E-state index in [-0.39, 0.29) is 35.0 Å². The van der Waals surface area contributed by atoms with E-state index < -0.39 is 12.1 Å². The number of rotatable bonds is 5. The first-order chi connectivity index (χ1) is 15.0. The Morgan fingerprint density at radius 1 is 0.903 bits per heavy atom. The number of nitrogens with zero attached hydrogens (tertiary/aromatic N) is 1. The van der Waals surface area contributed by atoms with E-state index in [1.165, 1.54) is 17.9 Å². The Balaban J connectivity index is 1.34. The van der Waals surface area contributed by atoms with Crippen molar-refractivity contribution in [2.45, 2.75) is 32.3 Å². The molecule has 1 heterocycles. The smallest absolute Gasteiger partial charge is 0.338 e. The topological polar surface area (TPSA) is 80.8 Å². The van der Waals surface area contributed by atoms with Crippen molar-refractivity contribution in [2.75, 3.05) is 4.90 Å². The van der Waals surface area contributed by atoms with Gasteiger partial charge in [0, 0.05) is 5.56 Å². The molecule has 3 aliphatic rings. The lowest BCUT2D eigenvalue weighted by atomic mass is 9.81. The van der Waals surface area contributed by atoms with Gasteiger partial charge in [-0.3, -0.25) is 19.3 Å². The van der Waals surface area contributed by atoms with Crippen molar-refractivity contribution < 1.29 is 23.9 Å². The lowest BCUT2D eigenvalue weighted by Gasteiger charge is -2.19. The summed E-state index contributed by atoms with van der Waals surface area (Å²) in [6.45, 7) is 1.53. The predicted octanol–water partition coefficient (Wildman–Crippen LogP) is 3.65. The summed E-state index contributed by atoms with van der Waals surface area (Å²) in [5, 5.41) is 0. The van der Waals surface area contributed by atoms with Gasteiger partial charge in [-0.15, -0.1) is 0 Å². The molecule has 2 aromatic carbocycles. The van der Waals surface area contributed by atoms with Gasteiger partial charge in [-0.2, -0.15) is 0 Å². The van der Waals surface area contributed by atoms with Gasteiger partial charge in [0.05, 0.1) is 23.1 Å². The van der Waals surface area contributed by atoms with Gasteiger partial charge in [0.15, 0.2) is 6.10 Å². The molecule has 31 heavy (non-hydrogen) atoms. The summed E-state index contributed by atoms with van der Waals surface area (Å²) < 4.78 is 5.37. The standard InChI is InChI=1S/C25H23NO5/c1-14(22(27)15-6-3-2-4-7-15)31-25(30)18-8-5-9-19(13-18)26-23(28)20-16-10-11-17(12-16)21(20)24(26)29/h2-9,13-14,16-17,20-21H,10-12H2,1H3/t14-,16-,17+,20+,21+/m1/s1. The maximum atomic E-state index is 13.0. The Kier molecular flexibility index (Phi) is 4.73. The zero-order valence-corrected chi connectivity index (χ0v) is 17.2. The molecule has 1 saturated heterocycles. The first-order valence-corrected chi connectivity index (χ1v) is 10.7. The summed E-state index contributed by atoms with van der Waals surface area (Å²) >= 11 is 0. The maximum Gasteiger partial charge on any atom is 0.338 e. The lowest BCUT2D eigenvalue weighted by molar-refractivity contribution is -0.123. The monoisotopic (exact) mass is 417 g/mol. The van der Waals surface area contributed by atoms with Crippen LogP contribution in [0, 0.1) is 23.7 Å². The zero-order chi connectivity index (χ0) is 21.7. The molecule has 2 bridgehead atoms. The third-order valence-corrected chi connectivity index (χ3v) is 6.98. The molecular formula is C25H23NO5. The van der Waals surface area contributed by atoms with Gasteiger partial charge in [0.25, 0.3) is 0 Å². The number of amides is 2. The molecule has 6 nitrogen and oxygen atoms in total. The Labute approximate surface area is 180 Å². The van der Waals surface area contributed by atoms with E-state index in [4.69, 9.17) is 4.74 Å². The van der Waals surface area contributed by atoms with Crippen LogP contribution in [0.1, 0.15) is 46.9 Å². The number of esters is 1. The fourth-order valence-electron chi connectivity index (χ4n) is 5.55. The van der Waals surface area contributed by atoms with E-state index in [2.05, 4.69) is 0 Å². The van der Waals surface area contributed by atoms with Crippen molar-refractivity contribution in [1.82, 2.24) is 0 Å². The fraction of sp³-hybridized carbons (Fsp3) is 0.360. The van der Waals surface area contributed by atoms with Crippen LogP contribution in [0.4, 0.5) is 5.69 Å². The molecule has 5 atom stereocenters. The third-order valence-electron chi connectivity index (χ3n) is 6.98. The van der Waals surface area contributed by atoms with E-state index in [0.29, 0.717) is 23.1 Å². The second kappa shape index (κ2) is 7.45. The van der Waals surface area contributed by atoms with Gasteiger partial charge < -0.3 is 4.74 Å². The molecule has 0 aromatic heterocycles. The fourth-order valence-corrected chi connectivity index (χ4v) is 5.55. The number of hydrogen-bond acceptors (Lipinski definition) is 5. The predicted molar refractivity (Wildman–Crippen MR) is 112 cm³/mol. The van der Waals surface area contributed by atoms with Gasteiger partial charge in [0.2, 0.25) is 17.6 Å². The number of imide groups is 1. The summed E-state index contributed by atoms with van der Waals surface area (Å²) in [7, 11) is 0. The molecule has 158 valence electrons. The molecule has 0 N–H and O–H groups in total. The largest absolute Gasteiger partial charge is 0.451 e. The van der Waals surface area contributed by atoms with E-state index in [0.717, 1.165) is 19.3 Å². The van der Waals surface area contributed by atoms with Crippen LogP contribution in [0.3, 0.4) is 0 Å². The molecule has 3 fully saturated rings. The average Bonchev–Trinajstić information content (AvgIpc) is 3.47. The molecular weight excluding hydrogens is 394 g/mol. The van der Waals surface area contributed by atoms with Crippen molar-refractivity contribution in [3.8, 4) is 0 Å². The second-order valence-electron chi connectivity index (χ2n) is 8.72. The molecule has 5 rings (SSSR count). The van der Waals surface area contributed by atoms with Crippen molar-refractivity contribution in [3.63, 3.8) is 0 Å². The molecule has 2 aliphatic carbocycles. The summed E-state index contributed by atoms with van der Waals surface area (Å²) in [5.74, 6) is -1.10. The van der Waals surface area contributed by atoms with Crippen molar-refractivity contribution in [1.29, 1.82) is 0 Å². The molecule has 2 saturated carbocycles. The molecule has 6 heteroatoms. The molecule has 0 radical (unpaired) electrons. The van der Waals surface area contributed by atoms with Crippen LogP contribution in [-0.2, 0) is 14.3 Å². The Morgan fingerprint density at radius 3 is 2.16 bits per heavy atom. The van der Waals surface area contributed by atoms with Crippen LogP contribution in [0.5, 0.6) is 0 Å². The minimum atomic E-state index is -0.955. The van der Waals surface area contributed by atoms with E-state index in [1.54, 1.807) is 48.5 Å². The van der Waals surface area contributed by atoms with Gasteiger partial charge >= 0.3 is 5.97 Å². The van der Waals surface area contributed by atoms with E-state index >= 15 is 0 Å². The normalized spacial score (nSPS) is 27.3. The van der Waals surface area contributed by atoms with E-state index in [1.807, 2.05) is 0 Å². The first kappa shape index (κ1) is 19.7. The van der Waals surface area contributed by atoms with Gasteiger partial charge in [0.1, 0.15) is 0 Å². The Morgan fingerprint density at radius 2 is 1.52 bits per heavy atom. The van der Waals surface area contributed by atoms with Crippen LogP contribution < -0.4 is 4.90 Å². The summed E-state index contributed by atoms with van der Waals surface area (Å²) in [5.41, 5.74) is 1.05. The highest BCUT2D eigenvalue weighted by atomic mass is 16.5. The summed E-state index contributed by atoms with van der Waals surface area (Å²) in [6.07, 6.45) is 2.04. The quantitative estimate of drug-likeness (QED) is 0.421. The number of anilines is 1. The molecule has 0 unspecified atom stereocenters. The number of Topliss-reactive ketones (excluding diaryl/α,β-unsaturated/α-hetero) is 1. The molecule has 2 amide bonds. The highest BCUT2D eigenvalue weighted by Crippen LogP contribution is 2.56. The Hall–Kier alpha value is -3.28. The highest BCUT2D eigenvalue weighted by Gasteiger charge is 2.61. The first-order valence-electron chi connectivity index (χ1n) is 10.7. The van der Waals surface area contributed by atoms with E-state index in [9.17, 15) is 19.2 Å². The minimum absolute atomic E-state index is 0.152. The molecule has 1 aliphatic heterocycles. The van der Waals surface area contributed by atoms with Crippen LogP contribution in [-0.4, -0.2) is 29.7 Å². The van der Waals surface area contributed by atoms with Crippen LogP contribution in [0.25, 0.3) is 0 Å². The average molecular weight is 417 g/mol. The number of carbonyl (C=O) groups excluding carboxylic acids is 4. The maximum absolute atomic E-state index is 13.0. The highest BCUT2D eigenvalue weighted by molar-refractivity contribution is 6.22. The lowest BCUT2D eigenvalue weighted by Crippen LogP contribution is -2.33. The van der Waals surface area contributed by atoms with Crippen molar-refractivity contribution in [2.24, 2.45) is 23.7 Å². The van der Waals surface area contributed by atoms with Gasteiger partial charge in [-0.05, 0) is 56.2 Å². The van der Waals surface area contributed by atoms with Crippen molar-refractivity contribution in [3.05, 3.63) is 65.7 Å². The number of fused-ring (bicyclic) bond motifs is 5. The Bertz CT molecular complexity index is 1050. The van der Waals surface area contributed by atoms with Crippen LogP contribution in [0.15, 0.2) is 54.6 Å². The van der Waals surface area contributed by atoms with Gasteiger partial charge in [-0.25, -0.2) is 4.79 Å². The molecule has 0 spiro atoms. The number of ketones is 1. The molecule has 2 aromatic rings. The van der Waals surface area contributed by atoms with Crippen molar-refractivity contribution >= 4 is 29.3 Å².